The van der Waals surface area contributed by atoms with Crippen LogP contribution < -0.4 is 5.56 Å². The maximum Gasteiger partial charge on any atom is 0.337 e. The lowest BCUT2D eigenvalue weighted by Crippen LogP contribution is -2.35. The van der Waals surface area contributed by atoms with Crippen LogP contribution in [0.4, 0.5) is 0 Å². The molecule has 0 saturated carbocycles. The molecular weight excluding hydrogens is 444 g/mol. The second kappa shape index (κ2) is 9.50. The second-order valence-electron chi connectivity index (χ2n) is 8.46. The maximum atomic E-state index is 13.6. The Hall–Kier alpha value is -4.33. The Morgan fingerprint density at radius 3 is 2.49 bits per heavy atom. The lowest BCUT2D eigenvalue weighted by Gasteiger charge is -2.27. The van der Waals surface area contributed by atoms with Gasteiger partial charge in [-0.15, -0.1) is 0 Å². The van der Waals surface area contributed by atoms with Crippen molar-refractivity contribution >= 4 is 22.8 Å². The number of methoxy groups -OCH3 is 1. The van der Waals surface area contributed by atoms with Crippen LogP contribution in [0.3, 0.4) is 0 Å². The summed E-state index contributed by atoms with van der Waals surface area (Å²) in [6.45, 7) is 0.851. The number of nitrogens with zero attached hydrogens (tertiary/aromatic N) is 4. The van der Waals surface area contributed by atoms with E-state index in [1.165, 1.54) is 7.11 Å². The van der Waals surface area contributed by atoms with Crippen LogP contribution in [0.15, 0.2) is 77.9 Å². The van der Waals surface area contributed by atoms with Gasteiger partial charge in [0.1, 0.15) is 5.82 Å². The number of rotatable bonds is 5. The lowest BCUT2D eigenvalue weighted by atomic mass is 10.1. The Kier molecular flexibility index (Phi) is 6.10. The molecule has 8 nitrogen and oxygen atoms in total. The summed E-state index contributed by atoms with van der Waals surface area (Å²) >= 11 is 0. The van der Waals surface area contributed by atoms with E-state index in [9.17, 15) is 14.4 Å². The third-order valence-electron chi connectivity index (χ3n) is 6.35. The van der Waals surface area contributed by atoms with Gasteiger partial charge in [0.2, 0.25) is 0 Å². The van der Waals surface area contributed by atoms with E-state index in [0.717, 1.165) is 12.0 Å². The van der Waals surface area contributed by atoms with Crippen LogP contribution in [0.1, 0.15) is 51.0 Å². The molecule has 0 spiro atoms. The molecule has 4 aromatic rings. The number of pyridine rings is 1. The van der Waals surface area contributed by atoms with Crippen LogP contribution in [0.2, 0.25) is 0 Å². The van der Waals surface area contributed by atoms with Gasteiger partial charge in [0.25, 0.3) is 11.5 Å². The van der Waals surface area contributed by atoms with E-state index in [4.69, 9.17) is 9.72 Å². The monoisotopic (exact) mass is 468 g/mol. The number of hydrogen-bond acceptors (Lipinski definition) is 6. The van der Waals surface area contributed by atoms with Gasteiger partial charge in [0.05, 0.1) is 36.2 Å². The lowest BCUT2D eigenvalue weighted by molar-refractivity contribution is 0.0600. The molecule has 8 heteroatoms. The van der Waals surface area contributed by atoms with E-state index in [0.29, 0.717) is 40.8 Å². The van der Waals surface area contributed by atoms with Crippen LogP contribution in [-0.2, 0) is 11.3 Å². The van der Waals surface area contributed by atoms with Crippen molar-refractivity contribution in [3.63, 3.8) is 0 Å². The quantitative estimate of drug-likeness (QED) is 0.416. The fourth-order valence-electron chi connectivity index (χ4n) is 4.58. The molecule has 2 aromatic carbocycles. The number of hydrogen-bond donors (Lipinski definition) is 0. The van der Waals surface area contributed by atoms with Crippen LogP contribution in [0, 0.1) is 0 Å². The van der Waals surface area contributed by atoms with Crippen molar-refractivity contribution in [1.82, 2.24) is 19.4 Å². The van der Waals surface area contributed by atoms with Gasteiger partial charge in [0, 0.05) is 24.5 Å². The van der Waals surface area contributed by atoms with Gasteiger partial charge >= 0.3 is 5.97 Å². The fourth-order valence-corrected chi connectivity index (χ4v) is 4.58. The standard InChI is InChI=1S/C27H24N4O4/c1-35-27(34)20-10-8-18(9-11-20)17-31-24(29-22-6-3-2-5-21(22)26(31)33)23-7-4-16-30(23)25(32)19-12-14-28-15-13-19/h2-3,5-6,8-15,23H,4,7,16-17H2,1H3/t23-/m0/s1. The number of para-hydroxylation sites is 1. The summed E-state index contributed by atoms with van der Waals surface area (Å²) < 4.78 is 6.42. The minimum absolute atomic E-state index is 0.105. The Labute approximate surface area is 201 Å². The molecule has 0 aliphatic carbocycles. The molecule has 2 aromatic heterocycles. The third kappa shape index (κ3) is 4.30. The zero-order valence-electron chi connectivity index (χ0n) is 19.3. The third-order valence-corrected chi connectivity index (χ3v) is 6.35. The summed E-state index contributed by atoms with van der Waals surface area (Å²) in [5.41, 5.74) is 2.27. The first kappa shape index (κ1) is 22.5. The summed E-state index contributed by atoms with van der Waals surface area (Å²) in [7, 11) is 1.34. The molecule has 1 amide bonds. The predicted molar refractivity (Wildman–Crippen MR) is 130 cm³/mol. The van der Waals surface area contributed by atoms with E-state index in [1.54, 1.807) is 64.3 Å². The molecule has 176 valence electrons. The normalized spacial score (nSPS) is 15.3. The first-order valence-corrected chi connectivity index (χ1v) is 11.4. The molecule has 35 heavy (non-hydrogen) atoms. The Morgan fingerprint density at radius 1 is 1.00 bits per heavy atom. The molecule has 0 unspecified atom stereocenters. The molecule has 0 N–H and O–H groups in total. The number of carbonyl (C=O) groups is 2. The van der Waals surface area contributed by atoms with Gasteiger partial charge in [-0.3, -0.25) is 19.1 Å². The summed E-state index contributed by atoms with van der Waals surface area (Å²) in [6.07, 6.45) is 4.72. The van der Waals surface area contributed by atoms with Crippen molar-refractivity contribution < 1.29 is 14.3 Å². The largest absolute Gasteiger partial charge is 0.465 e. The summed E-state index contributed by atoms with van der Waals surface area (Å²) in [4.78, 5) is 49.4. The average molecular weight is 469 g/mol. The van der Waals surface area contributed by atoms with E-state index in [-0.39, 0.29) is 24.1 Å². The summed E-state index contributed by atoms with van der Waals surface area (Å²) in [5, 5.41) is 0.521. The smallest absolute Gasteiger partial charge is 0.337 e. The van der Waals surface area contributed by atoms with E-state index < -0.39 is 5.97 Å². The Bertz CT molecular complexity index is 1450. The van der Waals surface area contributed by atoms with Crippen molar-refractivity contribution in [2.45, 2.75) is 25.4 Å². The fraction of sp³-hybridized carbons (Fsp3) is 0.222. The highest BCUT2D eigenvalue weighted by atomic mass is 16.5. The molecule has 5 rings (SSSR count). The minimum atomic E-state index is -0.419. The van der Waals surface area contributed by atoms with Crippen LogP contribution in [0.5, 0.6) is 0 Å². The molecule has 1 atom stereocenters. The van der Waals surface area contributed by atoms with Crippen LogP contribution >= 0.6 is 0 Å². The van der Waals surface area contributed by atoms with Gasteiger partial charge in [-0.25, -0.2) is 9.78 Å². The zero-order chi connectivity index (χ0) is 24.4. The molecule has 1 fully saturated rings. The summed E-state index contributed by atoms with van der Waals surface area (Å²) in [5.74, 6) is 0.0370. The van der Waals surface area contributed by atoms with Crippen molar-refractivity contribution in [3.8, 4) is 0 Å². The second-order valence-corrected chi connectivity index (χ2v) is 8.46. The molecule has 1 aliphatic heterocycles. The van der Waals surface area contributed by atoms with Gasteiger partial charge in [0.15, 0.2) is 0 Å². The number of fused-ring (bicyclic) bond motifs is 1. The van der Waals surface area contributed by atoms with Crippen molar-refractivity contribution in [2.75, 3.05) is 13.7 Å². The molecule has 1 aliphatic rings. The van der Waals surface area contributed by atoms with Crippen molar-refractivity contribution in [2.24, 2.45) is 0 Å². The van der Waals surface area contributed by atoms with E-state index in [1.807, 2.05) is 18.2 Å². The Morgan fingerprint density at radius 2 is 1.74 bits per heavy atom. The number of esters is 1. The van der Waals surface area contributed by atoms with Crippen LogP contribution in [-0.4, -0.2) is 45.0 Å². The van der Waals surface area contributed by atoms with E-state index >= 15 is 0 Å². The Balaban J connectivity index is 1.58. The molecular formula is C27H24N4O4. The van der Waals surface area contributed by atoms with Crippen molar-refractivity contribution in [1.29, 1.82) is 0 Å². The number of benzene rings is 2. The number of amides is 1. The van der Waals surface area contributed by atoms with E-state index in [2.05, 4.69) is 4.98 Å². The highest BCUT2D eigenvalue weighted by molar-refractivity contribution is 5.94. The van der Waals surface area contributed by atoms with Gasteiger partial charge < -0.3 is 9.64 Å². The predicted octanol–water partition coefficient (Wildman–Crippen LogP) is 3.60. The molecule has 1 saturated heterocycles. The van der Waals surface area contributed by atoms with Crippen LogP contribution in [0.25, 0.3) is 10.9 Å². The molecule has 3 heterocycles. The molecule has 0 bridgehead atoms. The SMILES string of the molecule is COC(=O)c1ccc(Cn2c([C@@H]3CCCN3C(=O)c3ccncc3)nc3ccccc3c2=O)cc1. The van der Waals surface area contributed by atoms with Gasteiger partial charge in [-0.2, -0.15) is 0 Å². The number of carbonyl (C=O) groups excluding carboxylic acids is 2. The number of ether oxygens (including phenoxy) is 1. The minimum Gasteiger partial charge on any atom is -0.465 e. The molecule has 0 radical (unpaired) electrons. The van der Waals surface area contributed by atoms with Crippen molar-refractivity contribution in [3.05, 3.63) is 106 Å². The topological polar surface area (TPSA) is 94.4 Å². The van der Waals surface area contributed by atoms with Gasteiger partial charge in [-0.05, 0) is 54.8 Å². The summed E-state index contributed by atoms with van der Waals surface area (Å²) in [6, 6.07) is 17.3. The zero-order valence-corrected chi connectivity index (χ0v) is 19.3. The first-order valence-electron chi connectivity index (χ1n) is 11.4. The highest BCUT2D eigenvalue weighted by Gasteiger charge is 2.34. The maximum absolute atomic E-state index is 13.6. The first-order chi connectivity index (χ1) is 17.1. The average Bonchev–Trinajstić information content (AvgIpc) is 3.40. The highest BCUT2D eigenvalue weighted by Crippen LogP contribution is 2.32. The van der Waals surface area contributed by atoms with Gasteiger partial charge in [-0.1, -0.05) is 24.3 Å². The number of likely N-dealkylation sites (tertiary alicyclic amines) is 1. The number of aromatic nitrogens is 3.